The molecular weight excluding hydrogens is 250 g/mol. The maximum absolute atomic E-state index is 13.1. The highest BCUT2D eigenvalue weighted by atomic mass is 16.2. The van der Waals surface area contributed by atoms with Crippen LogP contribution in [0.5, 0.6) is 0 Å². The second-order valence-electron chi connectivity index (χ2n) is 7.36. The number of rotatable bonds is 2. The minimum absolute atomic E-state index is 0.0639. The Morgan fingerprint density at radius 2 is 1.70 bits per heavy atom. The number of nitrogens with two attached hydrogens (primary N) is 1. The molecule has 2 N–H and O–H groups in total. The van der Waals surface area contributed by atoms with E-state index in [1.54, 1.807) is 0 Å². The molecule has 0 aromatic rings. The van der Waals surface area contributed by atoms with E-state index < -0.39 is 0 Å². The maximum atomic E-state index is 13.1. The maximum Gasteiger partial charge on any atom is 0.230 e. The van der Waals surface area contributed by atoms with Crippen LogP contribution in [0.3, 0.4) is 0 Å². The van der Waals surface area contributed by atoms with Crippen molar-refractivity contribution in [1.82, 2.24) is 9.80 Å². The van der Waals surface area contributed by atoms with E-state index in [0.717, 1.165) is 45.3 Å². The van der Waals surface area contributed by atoms with Crippen molar-refractivity contribution in [2.24, 2.45) is 11.1 Å². The summed E-state index contributed by atoms with van der Waals surface area (Å²) in [5, 5.41) is 0. The fourth-order valence-electron chi connectivity index (χ4n) is 3.66. The van der Waals surface area contributed by atoms with Crippen LogP contribution in [-0.2, 0) is 4.79 Å². The van der Waals surface area contributed by atoms with Crippen LogP contribution >= 0.6 is 0 Å². The van der Waals surface area contributed by atoms with Crippen molar-refractivity contribution in [3.63, 3.8) is 0 Å². The highest BCUT2D eigenvalue weighted by molar-refractivity contribution is 5.83. The summed E-state index contributed by atoms with van der Waals surface area (Å²) in [7, 11) is 2.15. The van der Waals surface area contributed by atoms with E-state index in [1.165, 1.54) is 12.8 Å². The zero-order valence-corrected chi connectivity index (χ0v) is 13.5. The number of carbonyl (C=O) groups is 1. The second kappa shape index (κ2) is 6.02. The van der Waals surface area contributed by atoms with E-state index in [-0.39, 0.29) is 11.0 Å². The topological polar surface area (TPSA) is 49.6 Å². The predicted molar refractivity (Wildman–Crippen MR) is 82.5 cm³/mol. The summed E-state index contributed by atoms with van der Waals surface area (Å²) in [4.78, 5) is 17.5. The molecule has 116 valence electrons. The third kappa shape index (κ3) is 3.01. The van der Waals surface area contributed by atoms with Gasteiger partial charge in [-0.25, -0.2) is 0 Å². The lowest BCUT2D eigenvalue weighted by atomic mass is 9.78. The summed E-state index contributed by atoms with van der Waals surface area (Å²) >= 11 is 0. The lowest BCUT2D eigenvalue weighted by molar-refractivity contribution is -0.147. The molecule has 0 aromatic carbocycles. The molecule has 0 atom stereocenters. The van der Waals surface area contributed by atoms with E-state index in [4.69, 9.17) is 5.73 Å². The van der Waals surface area contributed by atoms with Gasteiger partial charge >= 0.3 is 0 Å². The Kier molecular flexibility index (Phi) is 4.75. The van der Waals surface area contributed by atoms with Gasteiger partial charge in [-0.2, -0.15) is 0 Å². The van der Waals surface area contributed by atoms with Gasteiger partial charge in [0.25, 0.3) is 0 Å². The molecule has 1 aliphatic carbocycles. The van der Waals surface area contributed by atoms with E-state index >= 15 is 0 Å². The first kappa shape index (κ1) is 15.8. The normalized spacial score (nSPS) is 27.1. The molecule has 2 aliphatic rings. The number of piperazine rings is 1. The monoisotopic (exact) mass is 281 g/mol. The SMILES string of the molecule is CN1CCN(C(=O)C2(CN)CCCCCC2)CC1(C)C. The Balaban J connectivity index is 2.12. The number of amides is 1. The first-order chi connectivity index (χ1) is 9.41. The van der Waals surface area contributed by atoms with E-state index in [0.29, 0.717) is 12.5 Å². The molecule has 20 heavy (non-hydrogen) atoms. The zero-order chi connectivity index (χ0) is 14.8. The quantitative estimate of drug-likeness (QED) is 0.786. The van der Waals surface area contributed by atoms with Crippen LogP contribution in [0.25, 0.3) is 0 Å². The number of nitrogens with zero attached hydrogens (tertiary/aromatic N) is 2. The molecule has 2 fully saturated rings. The van der Waals surface area contributed by atoms with Crippen LogP contribution in [0.2, 0.25) is 0 Å². The molecule has 0 spiro atoms. The van der Waals surface area contributed by atoms with E-state index in [1.807, 2.05) is 0 Å². The number of hydrogen-bond acceptors (Lipinski definition) is 3. The Labute approximate surface area is 123 Å². The second-order valence-corrected chi connectivity index (χ2v) is 7.36. The highest BCUT2D eigenvalue weighted by Gasteiger charge is 2.43. The van der Waals surface area contributed by atoms with Crippen molar-refractivity contribution in [1.29, 1.82) is 0 Å². The van der Waals surface area contributed by atoms with E-state index in [2.05, 4.69) is 30.7 Å². The minimum Gasteiger partial charge on any atom is -0.339 e. The Morgan fingerprint density at radius 3 is 2.20 bits per heavy atom. The molecule has 0 bridgehead atoms. The van der Waals surface area contributed by atoms with Crippen LogP contribution < -0.4 is 5.73 Å². The molecule has 1 saturated heterocycles. The molecule has 4 heteroatoms. The van der Waals surface area contributed by atoms with Gasteiger partial charge in [0.05, 0.1) is 5.41 Å². The van der Waals surface area contributed by atoms with Crippen molar-refractivity contribution < 1.29 is 4.79 Å². The van der Waals surface area contributed by atoms with Gasteiger partial charge in [-0.3, -0.25) is 9.69 Å². The van der Waals surface area contributed by atoms with Gasteiger partial charge in [-0.1, -0.05) is 25.7 Å². The van der Waals surface area contributed by atoms with Gasteiger partial charge in [0.1, 0.15) is 0 Å². The number of hydrogen-bond donors (Lipinski definition) is 1. The summed E-state index contributed by atoms with van der Waals surface area (Å²) < 4.78 is 0. The van der Waals surface area contributed by atoms with Crippen molar-refractivity contribution in [3.8, 4) is 0 Å². The third-order valence-corrected chi connectivity index (χ3v) is 5.51. The molecule has 1 saturated carbocycles. The summed E-state index contributed by atoms with van der Waals surface area (Å²) in [6.07, 6.45) is 6.77. The van der Waals surface area contributed by atoms with Gasteiger partial charge < -0.3 is 10.6 Å². The van der Waals surface area contributed by atoms with E-state index in [9.17, 15) is 4.79 Å². The average molecular weight is 281 g/mol. The first-order valence-electron chi connectivity index (χ1n) is 8.12. The highest BCUT2D eigenvalue weighted by Crippen LogP contribution is 2.37. The standard InChI is InChI=1S/C16H31N3O/c1-15(2)13-19(11-10-18(15)3)14(20)16(12-17)8-6-4-5-7-9-16/h4-13,17H2,1-3H3. The summed E-state index contributed by atoms with van der Waals surface area (Å²) in [6, 6.07) is 0. The molecule has 4 nitrogen and oxygen atoms in total. The molecule has 1 aliphatic heterocycles. The molecule has 2 rings (SSSR count). The van der Waals surface area contributed by atoms with Gasteiger partial charge in [-0.05, 0) is 33.7 Å². The van der Waals surface area contributed by atoms with Crippen molar-refractivity contribution in [2.75, 3.05) is 33.2 Å². The van der Waals surface area contributed by atoms with Gasteiger partial charge in [-0.15, -0.1) is 0 Å². The van der Waals surface area contributed by atoms with Crippen molar-refractivity contribution >= 4 is 5.91 Å². The van der Waals surface area contributed by atoms with Gasteiger partial charge in [0, 0.05) is 31.7 Å². The molecule has 0 aromatic heterocycles. The lowest BCUT2D eigenvalue weighted by Crippen LogP contribution is -2.61. The van der Waals surface area contributed by atoms with Crippen LogP contribution in [-0.4, -0.2) is 54.5 Å². The van der Waals surface area contributed by atoms with Crippen molar-refractivity contribution in [2.45, 2.75) is 57.9 Å². The number of likely N-dealkylation sites (N-methyl/N-ethyl adjacent to an activating group) is 1. The van der Waals surface area contributed by atoms with Crippen LogP contribution in [0.1, 0.15) is 52.4 Å². The van der Waals surface area contributed by atoms with Gasteiger partial charge in [0.15, 0.2) is 0 Å². The molecule has 0 unspecified atom stereocenters. The molecule has 0 radical (unpaired) electrons. The Bertz CT molecular complexity index is 346. The lowest BCUT2D eigenvalue weighted by Gasteiger charge is -2.48. The molecular formula is C16H31N3O. The van der Waals surface area contributed by atoms with Crippen LogP contribution in [0.4, 0.5) is 0 Å². The average Bonchev–Trinajstić information content (AvgIpc) is 2.67. The Morgan fingerprint density at radius 1 is 1.10 bits per heavy atom. The fraction of sp³-hybridized carbons (Fsp3) is 0.938. The Hall–Kier alpha value is -0.610. The summed E-state index contributed by atoms with van der Waals surface area (Å²) in [5.41, 5.74) is 5.84. The molecule has 1 heterocycles. The minimum atomic E-state index is -0.275. The summed E-state index contributed by atoms with van der Waals surface area (Å²) in [6.45, 7) is 7.58. The smallest absolute Gasteiger partial charge is 0.230 e. The molecule has 1 amide bonds. The third-order valence-electron chi connectivity index (χ3n) is 5.51. The van der Waals surface area contributed by atoms with Gasteiger partial charge in [0.2, 0.25) is 5.91 Å². The largest absolute Gasteiger partial charge is 0.339 e. The van der Waals surface area contributed by atoms with Crippen LogP contribution in [0.15, 0.2) is 0 Å². The zero-order valence-electron chi connectivity index (χ0n) is 13.5. The number of carbonyl (C=O) groups excluding carboxylic acids is 1. The first-order valence-corrected chi connectivity index (χ1v) is 8.12. The van der Waals surface area contributed by atoms with Crippen LogP contribution in [0, 0.1) is 5.41 Å². The predicted octanol–water partition coefficient (Wildman–Crippen LogP) is 1.84. The van der Waals surface area contributed by atoms with Crippen molar-refractivity contribution in [3.05, 3.63) is 0 Å². The fourth-order valence-corrected chi connectivity index (χ4v) is 3.66. The summed E-state index contributed by atoms with van der Waals surface area (Å²) in [5.74, 6) is 0.322.